The molecule has 0 saturated carbocycles. The van der Waals surface area contributed by atoms with Crippen LogP contribution in [0.1, 0.15) is 35.7 Å². The number of benzene rings is 2. The van der Waals surface area contributed by atoms with Crippen LogP contribution in [0.2, 0.25) is 5.02 Å². The number of nitrogens with one attached hydrogen (secondary N) is 1. The van der Waals surface area contributed by atoms with Crippen molar-refractivity contribution < 1.29 is 31.1 Å². The molecule has 1 fully saturated rings. The summed E-state index contributed by atoms with van der Waals surface area (Å²) in [6.07, 6.45) is -3.29. The van der Waals surface area contributed by atoms with E-state index in [-0.39, 0.29) is 27.8 Å². The third-order valence-corrected chi connectivity index (χ3v) is 6.88. The van der Waals surface area contributed by atoms with E-state index in [1.807, 2.05) is 0 Å². The van der Waals surface area contributed by atoms with Crippen molar-refractivity contribution in [1.29, 1.82) is 0 Å². The lowest BCUT2D eigenvalue weighted by molar-refractivity contribution is -0.136. The molecule has 0 aliphatic carbocycles. The molecule has 1 heterocycles. The molecule has 0 unspecified atom stereocenters. The van der Waals surface area contributed by atoms with Gasteiger partial charge in [0, 0.05) is 23.7 Å². The zero-order valence-electron chi connectivity index (χ0n) is 16.5. The maximum atomic E-state index is 13.3. The molecule has 1 saturated heterocycles. The topological polar surface area (TPSA) is 75.7 Å². The summed E-state index contributed by atoms with van der Waals surface area (Å²) in [5.41, 5.74) is -1.71. The molecule has 3 rings (SSSR count). The number of rotatable bonds is 6. The lowest BCUT2D eigenvalue weighted by Gasteiger charge is -2.19. The molecule has 0 spiro atoms. The summed E-state index contributed by atoms with van der Waals surface area (Å²) in [5.74, 6) is -0.817. The minimum atomic E-state index is -4.74. The first-order chi connectivity index (χ1) is 14.5. The first-order valence-corrected chi connectivity index (χ1v) is 11.3. The highest BCUT2D eigenvalue weighted by Gasteiger charge is 2.35. The Morgan fingerprint density at radius 2 is 1.84 bits per heavy atom. The Bertz CT molecular complexity index is 1080. The Labute approximate surface area is 183 Å². The van der Waals surface area contributed by atoms with E-state index in [4.69, 9.17) is 16.3 Å². The van der Waals surface area contributed by atoms with E-state index < -0.39 is 33.4 Å². The van der Waals surface area contributed by atoms with E-state index in [0.717, 1.165) is 25.0 Å². The predicted octanol–water partition coefficient (Wildman–Crippen LogP) is 4.79. The molecule has 0 aromatic heterocycles. The standard InChI is InChI=1S/C20H20ClF3N2O4S/c1-2-30-17-8-5-13(11-18(17)31(28,29)26-9-3-4-10-26)19(27)25-16-7-6-14(21)12-15(16)20(22,23)24/h5-8,11-12H,2-4,9-10H2,1H3,(H,25,27). The monoisotopic (exact) mass is 476 g/mol. The van der Waals surface area contributed by atoms with Gasteiger partial charge in [-0.05, 0) is 56.2 Å². The van der Waals surface area contributed by atoms with E-state index in [9.17, 15) is 26.4 Å². The molecule has 1 aliphatic heterocycles. The first kappa shape index (κ1) is 23.4. The van der Waals surface area contributed by atoms with Crippen molar-refractivity contribution in [3.8, 4) is 5.75 Å². The molecule has 2 aromatic rings. The number of hydrogen-bond donors (Lipinski definition) is 1. The highest BCUT2D eigenvalue weighted by atomic mass is 35.5. The molecule has 11 heteroatoms. The molecule has 1 aliphatic rings. The summed E-state index contributed by atoms with van der Waals surface area (Å²) in [4.78, 5) is 12.5. The average Bonchev–Trinajstić information content (AvgIpc) is 3.24. The minimum Gasteiger partial charge on any atom is -0.492 e. The third kappa shape index (κ3) is 5.13. The third-order valence-electron chi connectivity index (χ3n) is 4.72. The summed E-state index contributed by atoms with van der Waals surface area (Å²) in [5, 5.41) is 2.06. The van der Waals surface area contributed by atoms with E-state index in [0.29, 0.717) is 19.2 Å². The van der Waals surface area contributed by atoms with Crippen molar-refractivity contribution in [3.05, 3.63) is 52.5 Å². The molecule has 0 atom stereocenters. The van der Waals surface area contributed by atoms with Gasteiger partial charge in [-0.15, -0.1) is 0 Å². The number of carbonyl (C=O) groups excluding carboxylic acids is 1. The fraction of sp³-hybridized carbons (Fsp3) is 0.350. The van der Waals surface area contributed by atoms with Gasteiger partial charge in [-0.1, -0.05) is 11.6 Å². The highest BCUT2D eigenvalue weighted by Crippen LogP contribution is 2.37. The normalized spacial score (nSPS) is 15.1. The number of alkyl halides is 3. The van der Waals surface area contributed by atoms with Crippen LogP contribution >= 0.6 is 11.6 Å². The van der Waals surface area contributed by atoms with Gasteiger partial charge < -0.3 is 10.1 Å². The maximum Gasteiger partial charge on any atom is 0.418 e. The van der Waals surface area contributed by atoms with E-state index in [2.05, 4.69) is 5.32 Å². The summed E-state index contributed by atoms with van der Waals surface area (Å²) in [6, 6.07) is 6.71. The molecule has 31 heavy (non-hydrogen) atoms. The van der Waals surface area contributed by atoms with Crippen molar-refractivity contribution in [2.75, 3.05) is 25.0 Å². The zero-order valence-corrected chi connectivity index (χ0v) is 18.1. The van der Waals surface area contributed by atoms with Crippen LogP contribution < -0.4 is 10.1 Å². The number of ether oxygens (including phenoxy) is 1. The fourth-order valence-electron chi connectivity index (χ4n) is 3.25. The van der Waals surface area contributed by atoms with E-state index >= 15 is 0 Å². The minimum absolute atomic E-state index is 0.0772. The highest BCUT2D eigenvalue weighted by molar-refractivity contribution is 7.89. The summed E-state index contributed by atoms with van der Waals surface area (Å²) in [6.45, 7) is 2.59. The Kier molecular flexibility index (Phi) is 6.82. The van der Waals surface area contributed by atoms with Crippen molar-refractivity contribution in [2.45, 2.75) is 30.8 Å². The molecule has 0 radical (unpaired) electrons. The lowest BCUT2D eigenvalue weighted by atomic mass is 10.1. The van der Waals surface area contributed by atoms with Gasteiger partial charge in [0.15, 0.2) is 0 Å². The fourth-order valence-corrected chi connectivity index (χ4v) is 5.09. The van der Waals surface area contributed by atoms with Gasteiger partial charge >= 0.3 is 6.18 Å². The Morgan fingerprint density at radius 3 is 2.45 bits per heavy atom. The van der Waals surface area contributed by atoms with Gasteiger partial charge in [-0.3, -0.25) is 4.79 Å². The van der Waals surface area contributed by atoms with E-state index in [1.54, 1.807) is 6.92 Å². The van der Waals surface area contributed by atoms with Gasteiger partial charge in [-0.2, -0.15) is 17.5 Å². The molecular weight excluding hydrogens is 457 g/mol. The average molecular weight is 477 g/mol. The van der Waals surface area contributed by atoms with Gasteiger partial charge in [0.25, 0.3) is 5.91 Å². The second-order valence-corrected chi connectivity index (χ2v) is 9.19. The number of amides is 1. The number of hydrogen-bond acceptors (Lipinski definition) is 4. The van der Waals surface area contributed by atoms with Crippen molar-refractivity contribution >= 4 is 33.2 Å². The molecular formula is C20H20ClF3N2O4S. The Morgan fingerprint density at radius 1 is 1.16 bits per heavy atom. The van der Waals surface area contributed by atoms with Gasteiger partial charge in [-0.25, -0.2) is 8.42 Å². The van der Waals surface area contributed by atoms with Gasteiger partial charge in [0.2, 0.25) is 10.0 Å². The first-order valence-electron chi connectivity index (χ1n) is 9.49. The zero-order chi connectivity index (χ0) is 22.8. The van der Waals surface area contributed by atoms with Crippen LogP contribution in [0.15, 0.2) is 41.3 Å². The predicted molar refractivity (Wildman–Crippen MR) is 110 cm³/mol. The number of sulfonamides is 1. The van der Waals surface area contributed by atoms with Crippen molar-refractivity contribution in [2.24, 2.45) is 0 Å². The summed E-state index contributed by atoms with van der Waals surface area (Å²) in [7, 11) is -3.93. The summed E-state index contributed by atoms with van der Waals surface area (Å²) >= 11 is 5.66. The number of carbonyl (C=O) groups is 1. The smallest absolute Gasteiger partial charge is 0.418 e. The van der Waals surface area contributed by atoms with Crippen LogP contribution in [-0.2, 0) is 16.2 Å². The molecule has 0 bridgehead atoms. The molecule has 6 nitrogen and oxygen atoms in total. The number of halogens is 4. The molecule has 2 aromatic carbocycles. The van der Waals surface area contributed by atoms with Crippen LogP contribution in [0.3, 0.4) is 0 Å². The van der Waals surface area contributed by atoms with Crippen LogP contribution in [0.5, 0.6) is 5.75 Å². The molecule has 168 valence electrons. The summed E-state index contributed by atoms with van der Waals surface area (Å²) < 4.78 is 72.7. The largest absolute Gasteiger partial charge is 0.492 e. The Balaban J connectivity index is 1.98. The van der Waals surface area contributed by atoms with E-state index in [1.165, 1.54) is 22.5 Å². The van der Waals surface area contributed by atoms with Crippen molar-refractivity contribution in [1.82, 2.24) is 4.31 Å². The SMILES string of the molecule is CCOc1ccc(C(=O)Nc2ccc(Cl)cc2C(F)(F)F)cc1S(=O)(=O)N1CCCC1. The van der Waals surface area contributed by atoms with Gasteiger partial charge in [0.1, 0.15) is 10.6 Å². The quantitative estimate of drug-likeness (QED) is 0.650. The number of anilines is 1. The maximum absolute atomic E-state index is 13.3. The second-order valence-electron chi connectivity index (χ2n) is 6.85. The van der Waals surface area contributed by atoms with Crippen LogP contribution in [0.25, 0.3) is 0 Å². The molecule has 1 amide bonds. The molecule has 1 N–H and O–H groups in total. The lowest BCUT2D eigenvalue weighted by Crippen LogP contribution is -2.28. The van der Waals surface area contributed by atoms with Crippen LogP contribution in [0.4, 0.5) is 18.9 Å². The number of nitrogens with zero attached hydrogens (tertiary/aromatic N) is 1. The van der Waals surface area contributed by atoms with Crippen LogP contribution in [0, 0.1) is 0 Å². The van der Waals surface area contributed by atoms with Crippen LogP contribution in [-0.4, -0.2) is 38.3 Å². The van der Waals surface area contributed by atoms with Crippen molar-refractivity contribution in [3.63, 3.8) is 0 Å². The second kappa shape index (κ2) is 9.05. The Hall–Kier alpha value is -2.30. The van der Waals surface area contributed by atoms with Gasteiger partial charge in [0.05, 0.1) is 17.9 Å².